The van der Waals surface area contributed by atoms with Gasteiger partial charge in [-0.2, -0.15) is 0 Å². The molecule has 1 saturated heterocycles. The average molecular weight is 203 g/mol. The van der Waals surface area contributed by atoms with Crippen molar-refractivity contribution in [2.75, 3.05) is 6.61 Å². The van der Waals surface area contributed by atoms with E-state index in [1.807, 2.05) is 12.1 Å². The fraction of sp³-hybridized carbons (Fsp3) is 0.455. The minimum atomic E-state index is 0.344. The first-order valence-corrected chi connectivity index (χ1v) is 5.25. The van der Waals surface area contributed by atoms with Crippen LogP contribution in [0.3, 0.4) is 0 Å². The largest absolute Gasteiger partial charge is 0.378 e. The molecule has 0 amide bonds. The Morgan fingerprint density at radius 2 is 2.47 bits per heavy atom. The SMILES string of the molecule is CC1CC(c2nc3ncccc3[nH]2)CO1. The van der Waals surface area contributed by atoms with E-state index in [0.29, 0.717) is 12.0 Å². The summed E-state index contributed by atoms with van der Waals surface area (Å²) in [6.07, 6.45) is 3.15. The van der Waals surface area contributed by atoms with Crippen molar-refractivity contribution in [3.8, 4) is 0 Å². The van der Waals surface area contributed by atoms with Crippen LogP contribution in [0.5, 0.6) is 0 Å². The zero-order valence-electron chi connectivity index (χ0n) is 8.60. The minimum Gasteiger partial charge on any atom is -0.378 e. The van der Waals surface area contributed by atoms with Crippen LogP contribution in [0.15, 0.2) is 18.3 Å². The van der Waals surface area contributed by atoms with Gasteiger partial charge in [-0.05, 0) is 25.5 Å². The highest BCUT2D eigenvalue weighted by Gasteiger charge is 2.26. The fourth-order valence-electron chi connectivity index (χ4n) is 2.06. The third kappa shape index (κ3) is 1.51. The second-order valence-electron chi connectivity index (χ2n) is 4.07. The van der Waals surface area contributed by atoms with E-state index in [4.69, 9.17) is 4.74 Å². The summed E-state index contributed by atoms with van der Waals surface area (Å²) in [4.78, 5) is 12.0. The zero-order valence-corrected chi connectivity index (χ0v) is 8.60. The van der Waals surface area contributed by atoms with Crippen molar-refractivity contribution >= 4 is 11.2 Å². The van der Waals surface area contributed by atoms with Crippen molar-refractivity contribution in [2.24, 2.45) is 0 Å². The Morgan fingerprint density at radius 1 is 1.53 bits per heavy atom. The molecule has 3 heterocycles. The number of ether oxygens (including phenoxy) is 1. The molecule has 0 spiro atoms. The molecule has 0 radical (unpaired) electrons. The van der Waals surface area contributed by atoms with E-state index in [1.54, 1.807) is 6.20 Å². The standard InChI is InChI=1S/C11H13N3O/c1-7-5-8(6-15-7)10-13-9-3-2-4-12-11(9)14-10/h2-4,7-8H,5-6H2,1H3,(H,12,13,14). The van der Waals surface area contributed by atoms with Crippen molar-refractivity contribution in [1.29, 1.82) is 0 Å². The number of nitrogens with one attached hydrogen (secondary N) is 1. The third-order valence-corrected chi connectivity index (χ3v) is 2.86. The van der Waals surface area contributed by atoms with Gasteiger partial charge in [-0.1, -0.05) is 0 Å². The molecule has 2 unspecified atom stereocenters. The Labute approximate surface area is 87.7 Å². The van der Waals surface area contributed by atoms with Crippen LogP contribution in [-0.4, -0.2) is 27.7 Å². The van der Waals surface area contributed by atoms with Crippen LogP contribution in [0.1, 0.15) is 25.1 Å². The number of hydrogen-bond donors (Lipinski definition) is 1. The average Bonchev–Trinajstić information content (AvgIpc) is 2.82. The van der Waals surface area contributed by atoms with Crippen molar-refractivity contribution in [2.45, 2.75) is 25.4 Å². The molecule has 15 heavy (non-hydrogen) atoms. The molecule has 1 fully saturated rings. The summed E-state index contributed by atoms with van der Waals surface area (Å²) in [7, 11) is 0. The summed E-state index contributed by atoms with van der Waals surface area (Å²) < 4.78 is 5.54. The van der Waals surface area contributed by atoms with E-state index < -0.39 is 0 Å². The molecular formula is C11H13N3O. The van der Waals surface area contributed by atoms with Crippen LogP contribution in [0.2, 0.25) is 0 Å². The molecule has 0 saturated carbocycles. The number of imidazole rings is 1. The first-order valence-electron chi connectivity index (χ1n) is 5.25. The number of hydrogen-bond acceptors (Lipinski definition) is 3. The molecule has 78 valence electrons. The lowest BCUT2D eigenvalue weighted by atomic mass is 10.1. The molecule has 1 aliphatic heterocycles. The van der Waals surface area contributed by atoms with Gasteiger partial charge >= 0.3 is 0 Å². The smallest absolute Gasteiger partial charge is 0.177 e. The Morgan fingerprint density at radius 3 is 3.20 bits per heavy atom. The molecule has 2 atom stereocenters. The van der Waals surface area contributed by atoms with Crippen molar-refractivity contribution < 1.29 is 4.74 Å². The Kier molecular flexibility index (Phi) is 1.95. The van der Waals surface area contributed by atoms with Crippen molar-refractivity contribution in [3.05, 3.63) is 24.2 Å². The molecule has 1 aliphatic rings. The Bertz CT molecular complexity index is 446. The normalized spacial score (nSPS) is 26.2. The van der Waals surface area contributed by atoms with Crippen molar-refractivity contribution in [3.63, 3.8) is 0 Å². The summed E-state index contributed by atoms with van der Waals surface area (Å²) in [5.41, 5.74) is 1.80. The summed E-state index contributed by atoms with van der Waals surface area (Å²) in [6, 6.07) is 3.91. The van der Waals surface area contributed by atoms with Gasteiger partial charge in [0.05, 0.1) is 18.2 Å². The number of nitrogens with zero attached hydrogens (tertiary/aromatic N) is 2. The zero-order chi connectivity index (χ0) is 10.3. The van der Waals surface area contributed by atoms with Crippen LogP contribution in [-0.2, 0) is 4.74 Å². The molecule has 2 aromatic heterocycles. The topological polar surface area (TPSA) is 50.8 Å². The molecule has 1 N–H and O–H groups in total. The van der Waals surface area contributed by atoms with Crippen LogP contribution >= 0.6 is 0 Å². The monoisotopic (exact) mass is 203 g/mol. The maximum Gasteiger partial charge on any atom is 0.177 e. The summed E-state index contributed by atoms with van der Waals surface area (Å²) in [5, 5.41) is 0. The van der Waals surface area contributed by atoms with Gasteiger partial charge in [-0.3, -0.25) is 0 Å². The molecular weight excluding hydrogens is 190 g/mol. The number of aromatic amines is 1. The van der Waals surface area contributed by atoms with Gasteiger partial charge in [-0.25, -0.2) is 9.97 Å². The molecule has 0 aromatic carbocycles. The predicted octanol–water partition coefficient (Wildman–Crippen LogP) is 1.85. The molecule has 0 bridgehead atoms. The number of fused-ring (bicyclic) bond motifs is 1. The van der Waals surface area contributed by atoms with E-state index >= 15 is 0 Å². The van der Waals surface area contributed by atoms with Gasteiger partial charge in [0.1, 0.15) is 5.82 Å². The fourth-order valence-corrected chi connectivity index (χ4v) is 2.06. The number of pyridine rings is 1. The summed E-state index contributed by atoms with van der Waals surface area (Å²) in [5.74, 6) is 1.40. The lowest BCUT2D eigenvalue weighted by Crippen LogP contribution is -2.00. The predicted molar refractivity (Wildman–Crippen MR) is 56.7 cm³/mol. The first-order chi connectivity index (χ1) is 7.33. The van der Waals surface area contributed by atoms with E-state index in [0.717, 1.165) is 30.0 Å². The molecule has 4 nitrogen and oxygen atoms in total. The van der Waals surface area contributed by atoms with Gasteiger partial charge in [0.25, 0.3) is 0 Å². The number of H-pyrrole nitrogens is 1. The van der Waals surface area contributed by atoms with E-state index in [9.17, 15) is 0 Å². The molecule has 3 rings (SSSR count). The highest BCUT2D eigenvalue weighted by Crippen LogP contribution is 2.28. The van der Waals surface area contributed by atoms with E-state index in [2.05, 4.69) is 21.9 Å². The maximum absolute atomic E-state index is 5.54. The first kappa shape index (κ1) is 8.85. The van der Waals surface area contributed by atoms with Gasteiger partial charge in [0.2, 0.25) is 0 Å². The highest BCUT2D eigenvalue weighted by molar-refractivity contribution is 5.70. The molecule has 4 heteroatoms. The number of rotatable bonds is 1. The second kappa shape index (κ2) is 3.31. The lowest BCUT2D eigenvalue weighted by molar-refractivity contribution is 0.123. The minimum absolute atomic E-state index is 0.344. The highest BCUT2D eigenvalue weighted by atomic mass is 16.5. The third-order valence-electron chi connectivity index (χ3n) is 2.86. The van der Waals surface area contributed by atoms with Crippen LogP contribution < -0.4 is 0 Å². The quantitative estimate of drug-likeness (QED) is 0.769. The molecule has 0 aliphatic carbocycles. The van der Waals surface area contributed by atoms with Gasteiger partial charge in [-0.15, -0.1) is 0 Å². The van der Waals surface area contributed by atoms with Gasteiger partial charge in [0, 0.05) is 12.1 Å². The van der Waals surface area contributed by atoms with Crippen LogP contribution in [0, 0.1) is 0 Å². The number of aromatic nitrogens is 3. The summed E-state index contributed by atoms with van der Waals surface area (Å²) >= 11 is 0. The summed E-state index contributed by atoms with van der Waals surface area (Å²) in [6.45, 7) is 2.86. The van der Waals surface area contributed by atoms with Crippen LogP contribution in [0.25, 0.3) is 11.2 Å². The molecule has 2 aromatic rings. The Hall–Kier alpha value is -1.42. The maximum atomic E-state index is 5.54. The van der Waals surface area contributed by atoms with E-state index in [-0.39, 0.29) is 0 Å². The second-order valence-corrected chi connectivity index (χ2v) is 4.07. The van der Waals surface area contributed by atoms with Gasteiger partial charge < -0.3 is 9.72 Å². The van der Waals surface area contributed by atoms with Gasteiger partial charge in [0.15, 0.2) is 5.65 Å². The Balaban J connectivity index is 1.98. The van der Waals surface area contributed by atoms with Crippen molar-refractivity contribution in [1.82, 2.24) is 15.0 Å². The lowest BCUT2D eigenvalue weighted by Gasteiger charge is -2.01. The van der Waals surface area contributed by atoms with E-state index in [1.165, 1.54) is 0 Å². The van der Waals surface area contributed by atoms with Crippen LogP contribution in [0.4, 0.5) is 0 Å².